The van der Waals surface area contributed by atoms with Gasteiger partial charge >= 0.3 is 0 Å². The molecule has 2 rings (SSSR count). The summed E-state index contributed by atoms with van der Waals surface area (Å²) in [5.74, 6) is 1.55. The second-order valence-corrected chi connectivity index (χ2v) is 6.26. The number of aliphatic imine (C=N–C) groups is 1. The molecule has 0 spiro atoms. The molecule has 0 aliphatic carbocycles. The Balaban J connectivity index is 0.00000264. The van der Waals surface area contributed by atoms with E-state index in [1.54, 1.807) is 7.05 Å². The highest BCUT2D eigenvalue weighted by Gasteiger charge is 2.21. The van der Waals surface area contributed by atoms with Gasteiger partial charge in [0.25, 0.3) is 0 Å². The van der Waals surface area contributed by atoms with Crippen molar-refractivity contribution in [1.82, 2.24) is 15.5 Å². The highest BCUT2D eigenvalue weighted by atomic mass is 127. The first-order chi connectivity index (χ1) is 10.7. The molecule has 1 unspecified atom stereocenters. The largest absolute Gasteiger partial charge is 0.356 e. The molecular weight excluding hydrogens is 423 g/mol. The standard InChI is InChI=1S/C17H27ClN4.HI/c1-3-9-22-10-8-14(13-22)11-20-17(19-2)21-12-15-6-4-5-7-16(15)18;/h4-7,14H,3,8-13H2,1-2H3,(H2,19,20,21);1H. The quantitative estimate of drug-likeness (QED) is 0.397. The maximum atomic E-state index is 6.17. The summed E-state index contributed by atoms with van der Waals surface area (Å²) in [7, 11) is 1.81. The smallest absolute Gasteiger partial charge is 0.191 e. The van der Waals surface area contributed by atoms with Gasteiger partial charge in [0.15, 0.2) is 5.96 Å². The van der Waals surface area contributed by atoms with Gasteiger partial charge in [0.05, 0.1) is 0 Å². The number of nitrogens with zero attached hydrogens (tertiary/aromatic N) is 2. The van der Waals surface area contributed by atoms with E-state index in [1.807, 2.05) is 24.3 Å². The molecular formula is C17H28ClIN4. The van der Waals surface area contributed by atoms with Crippen LogP contribution in [0.5, 0.6) is 0 Å². The topological polar surface area (TPSA) is 39.7 Å². The Labute approximate surface area is 162 Å². The van der Waals surface area contributed by atoms with E-state index in [-0.39, 0.29) is 24.0 Å². The molecule has 0 amide bonds. The summed E-state index contributed by atoms with van der Waals surface area (Å²) < 4.78 is 0. The molecule has 23 heavy (non-hydrogen) atoms. The van der Waals surface area contributed by atoms with E-state index >= 15 is 0 Å². The lowest BCUT2D eigenvalue weighted by Crippen LogP contribution is -2.40. The van der Waals surface area contributed by atoms with Crippen molar-refractivity contribution in [3.63, 3.8) is 0 Å². The van der Waals surface area contributed by atoms with E-state index in [2.05, 4.69) is 27.4 Å². The fourth-order valence-electron chi connectivity index (χ4n) is 2.88. The van der Waals surface area contributed by atoms with Gasteiger partial charge in [-0.3, -0.25) is 4.99 Å². The van der Waals surface area contributed by atoms with E-state index in [0.717, 1.165) is 23.1 Å². The zero-order valence-electron chi connectivity index (χ0n) is 14.0. The zero-order valence-corrected chi connectivity index (χ0v) is 17.1. The number of benzene rings is 1. The summed E-state index contributed by atoms with van der Waals surface area (Å²) in [4.78, 5) is 6.83. The number of guanidine groups is 1. The van der Waals surface area contributed by atoms with Crippen molar-refractivity contribution in [3.8, 4) is 0 Å². The number of nitrogens with one attached hydrogen (secondary N) is 2. The summed E-state index contributed by atoms with van der Waals surface area (Å²) in [5.41, 5.74) is 1.09. The molecule has 4 nitrogen and oxygen atoms in total. The van der Waals surface area contributed by atoms with Crippen molar-refractivity contribution >= 4 is 41.5 Å². The van der Waals surface area contributed by atoms with Gasteiger partial charge in [-0.1, -0.05) is 36.7 Å². The lowest BCUT2D eigenvalue weighted by Gasteiger charge is -2.17. The molecule has 1 fully saturated rings. The molecule has 130 valence electrons. The van der Waals surface area contributed by atoms with Gasteiger partial charge in [-0.05, 0) is 43.5 Å². The number of hydrogen-bond donors (Lipinski definition) is 2. The maximum Gasteiger partial charge on any atom is 0.191 e. The average Bonchev–Trinajstić information content (AvgIpc) is 2.97. The molecule has 1 atom stereocenters. The van der Waals surface area contributed by atoms with E-state index in [0.29, 0.717) is 12.5 Å². The van der Waals surface area contributed by atoms with Gasteiger partial charge < -0.3 is 15.5 Å². The Bertz CT molecular complexity index is 495. The average molecular weight is 451 g/mol. The Morgan fingerprint density at radius 3 is 2.83 bits per heavy atom. The van der Waals surface area contributed by atoms with Gasteiger partial charge in [0.2, 0.25) is 0 Å². The van der Waals surface area contributed by atoms with Gasteiger partial charge in [-0.25, -0.2) is 0 Å². The molecule has 2 N–H and O–H groups in total. The number of hydrogen-bond acceptors (Lipinski definition) is 2. The summed E-state index contributed by atoms with van der Waals surface area (Å²) >= 11 is 6.17. The molecule has 1 aliphatic rings. The van der Waals surface area contributed by atoms with E-state index in [9.17, 15) is 0 Å². The Morgan fingerprint density at radius 1 is 1.35 bits per heavy atom. The van der Waals surface area contributed by atoms with Crippen molar-refractivity contribution < 1.29 is 0 Å². The Hall–Kier alpha value is -0.530. The monoisotopic (exact) mass is 450 g/mol. The van der Waals surface area contributed by atoms with E-state index in [1.165, 1.54) is 32.5 Å². The van der Waals surface area contributed by atoms with Gasteiger partial charge in [0, 0.05) is 31.7 Å². The van der Waals surface area contributed by atoms with Crippen LogP contribution in [0.2, 0.25) is 5.02 Å². The first-order valence-corrected chi connectivity index (χ1v) is 8.51. The second kappa shape index (κ2) is 11.1. The van der Waals surface area contributed by atoms with Crippen molar-refractivity contribution in [1.29, 1.82) is 0 Å². The zero-order chi connectivity index (χ0) is 15.8. The van der Waals surface area contributed by atoms with Crippen molar-refractivity contribution in [2.45, 2.75) is 26.3 Å². The van der Waals surface area contributed by atoms with Crippen molar-refractivity contribution in [3.05, 3.63) is 34.9 Å². The molecule has 0 saturated carbocycles. The van der Waals surface area contributed by atoms with E-state index in [4.69, 9.17) is 11.6 Å². The van der Waals surface area contributed by atoms with Crippen LogP contribution in [0.1, 0.15) is 25.3 Å². The Kier molecular flexibility index (Phi) is 9.90. The van der Waals surface area contributed by atoms with Crippen molar-refractivity contribution in [2.75, 3.05) is 33.2 Å². The third kappa shape index (κ3) is 6.85. The van der Waals surface area contributed by atoms with Gasteiger partial charge in [-0.2, -0.15) is 0 Å². The predicted octanol–water partition coefficient (Wildman–Crippen LogP) is 3.35. The van der Waals surface area contributed by atoms with Crippen molar-refractivity contribution in [2.24, 2.45) is 10.9 Å². The van der Waals surface area contributed by atoms with Gasteiger partial charge in [-0.15, -0.1) is 24.0 Å². The maximum absolute atomic E-state index is 6.17. The fraction of sp³-hybridized carbons (Fsp3) is 0.588. The van der Waals surface area contributed by atoms with Crippen LogP contribution in [0.3, 0.4) is 0 Å². The minimum atomic E-state index is 0. The van der Waals surface area contributed by atoms with Crippen LogP contribution in [-0.2, 0) is 6.54 Å². The normalized spacial score (nSPS) is 18.6. The molecule has 1 aromatic carbocycles. The van der Waals surface area contributed by atoms with Crippen LogP contribution < -0.4 is 10.6 Å². The lowest BCUT2D eigenvalue weighted by molar-refractivity contribution is 0.324. The molecule has 0 bridgehead atoms. The number of rotatable bonds is 6. The minimum Gasteiger partial charge on any atom is -0.356 e. The van der Waals surface area contributed by atoms with Crippen LogP contribution in [0, 0.1) is 5.92 Å². The highest BCUT2D eigenvalue weighted by Crippen LogP contribution is 2.16. The molecule has 6 heteroatoms. The van der Waals surface area contributed by atoms with Crippen LogP contribution in [-0.4, -0.2) is 44.1 Å². The molecule has 1 saturated heterocycles. The van der Waals surface area contributed by atoms with Crippen LogP contribution in [0.15, 0.2) is 29.3 Å². The SMILES string of the molecule is CCCN1CCC(CNC(=NC)NCc2ccccc2Cl)C1.I. The summed E-state index contributed by atoms with van der Waals surface area (Å²) in [6, 6.07) is 7.89. The third-order valence-corrected chi connectivity index (χ3v) is 4.46. The van der Waals surface area contributed by atoms with Crippen LogP contribution in [0.25, 0.3) is 0 Å². The van der Waals surface area contributed by atoms with Gasteiger partial charge in [0.1, 0.15) is 0 Å². The van der Waals surface area contributed by atoms with Crippen LogP contribution in [0.4, 0.5) is 0 Å². The lowest BCUT2D eigenvalue weighted by atomic mass is 10.1. The first-order valence-electron chi connectivity index (χ1n) is 8.13. The van der Waals surface area contributed by atoms with E-state index < -0.39 is 0 Å². The van der Waals surface area contributed by atoms with Crippen LogP contribution >= 0.6 is 35.6 Å². The Morgan fingerprint density at radius 2 is 2.13 bits per heavy atom. The molecule has 1 heterocycles. The summed E-state index contributed by atoms with van der Waals surface area (Å²) in [5, 5.41) is 7.55. The molecule has 0 radical (unpaired) electrons. The third-order valence-electron chi connectivity index (χ3n) is 4.10. The molecule has 1 aliphatic heterocycles. The number of halogens is 2. The summed E-state index contributed by atoms with van der Waals surface area (Å²) in [6.07, 6.45) is 2.51. The minimum absolute atomic E-state index is 0. The molecule has 0 aromatic heterocycles. The first kappa shape index (κ1) is 20.5. The number of likely N-dealkylation sites (tertiary alicyclic amines) is 1. The predicted molar refractivity (Wildman–Crippen MR) is 110 cm³/mol. The second-order valence-electron chi connectivity index (χ2n) is 5.85. The summed E-state index contributed by atoms with van der Waals surface area (Å²) in [6.45, 7) is 7.55. The highest BCUT2D eigenvalue weighted by molar-refractivity contribution is 14.0. The molecule has 1 aromatic rings. The fourth-order valence-corrected chi connectivity index (χ4v) is 3.08.